The summed E-state index contributed by atoms with van der Waals surface area (Å²) in [5, 5.41) is 9.46. The first kappa shape index (κ1) is 85.4. The monoisotopic (exact) mass is 2330 g/mol. The van der Waals surface area contributed by atoms with Crippen LogP contribution in [-0.4, -0.2) is 43.6 Å². The zero-order valence-electron chi connectivity index (χ0n) is 70.5. The molecule has 0 aliphatic rings. The van der Waals surface area contributed by atoms with Gasteiger partial charge in [0.2, 0.25) is 0 Å². The van der Waals surface area contributed by atoms with Gasteiger partial charge in [0.05, 0.1) is 59.9 Å². The second kappa shape index (κ2) is 36.5. The Morgan fingerprint density at radius 3 is 1.10 bits per heavy atom. The largest absolute Gasteiger partial charge is 2.00 e. The molecule has 0 N–H and O–H groups in total. The normalized spacial score (nSPS) is 11.4. The molecule has 0 spiro atoms. The van der Waals surface area contributed by atoms with Crippen molar-refractivity contribution in [1.29, 1.82) is 0 Å². The van der Waals surface area contributed by atoms with E-state index in [0.29, 0.717) is 0 Å². The predicted molar refractivity (Wildman–Crippen MR) is 527 cm³/mol. The van der Waals surface area contributed by atoms with Crippen molar-refractivity contribution in [2.24, 2.45) is 0 Å². The van der Waals surface area contributed by atoms with E-state index in [1.54, 1.807) is 71.6 Å². The molecule has 27 aromatic rings. The maximum atomic E-state index is 5.93. The number of para-hydroxylation sites is 3. The number of fused-ring (bicyclic) bond motifs is 12. The summed E-state index contributed by atoms with van der Waals surface area (Å²) in [5.41, 5.74) is 25.6. The van der Waals surface area contributed by atoms with E-state index >= 15 is 0 Å². The Hall–Kier alpha value is -15.1. The van der Waals surface area contributed by atoms with Gasteiger partial charge in [-0.05, 0) is 224 Å². The van der Waals surface area contributed by atoms with Gasteiger partial charge in [-0.15, -0.1) is 155 Å². The van der Waals surface area contributed by atoms with Crippen molar-refractivity contribution in [3.8, 4) is 150 Å². The van der Waals surface area contributed by atoms with Crippen LogP contribution >= 0.6 is 34.0 Å². The molecule has 0 amide bonds. The van der Waals surface area contributed by atoms with Crippen molar-refractivity contribution in [2.45, 2.75) is 0 Å². The number of benzene rings is 12. The standard InChI is InChI=1S/3C38H21N3O2S.3Pt/c1-3-9-32-27(7-1)28-16-14-25(38-40-31-8-2-4-12-37(31)44-38)22-33(28)41(32)34-21-24(13-17-29(34)36-11-6-20-43-36)30-18-15-26(23-39-30)35-10-5-19-42-35;1-2-17-39-31(8-1)24-6-3-7-28(20-24)41-33-16-13-25(35-9-4-18-42-35)21-30(33)29-14-11-27(22-34(29)41)38-40-32-15-12-26(23-37(32)44-38)36-10-5-19-43-36;1-2-11-37-32(8-1)40-38(44-37)26-12-15-29-30-21-25(35-9-4-18-42-35)14-17-33(30)41(34(29)22-26)28-7-3-6-24(20-28)31-16-13-27(23-39-31)36-10-5-19-43-36;;;/h1-20,23H;2*1-19,21,23H;;;/q3*-2;3*+2. The SMILES string of the molecule is [Pt+2].[Pt+2].[Pt+2].[c-]1c(-c2ccc(-c3ccco3)cn2)ccc(-c2ccco2)c1-n1c2[c-]c(-c3nc4ccccc4s3)ccc2c2ccccc21.[c-]1c(-c2ccc(-c3ccco3)cn2)cccc1-n1c2[c-]c(-c3nc4ccccc4s3)ccc2c2cc(-c3ccco3)ccc21.[c-]1c(-c2ccccn2)cccc1-n1c2[c-]c(-c3nc4ccc(-c5ccco5)cc4s3)ccc2c2cc(-c3ccco3)ccc21. The van der Waals surface area contributed by atoms with Crippen LogP contribution in [0.4, 0.5) is 0 Å². The van der Waals surface area contributed by atoms with Crippen molar-refractivity contribution < 1.29 is 89.7 Å². The first-order valence-electron chi connectivity index (χ1n) is 42.7. The molecular formula is C114H63N9O6Pt3S3. The van der Waals surface area contributed by atoms with Crippen LogP contribution in [0.3, 0.4) is 0 Å². The summed E-state index contributed by atoms with van der Waals surface area (Å²) in [6.07, 6.45) is 15.6. The number of nitrogens with zero attached hydrogens (tertiary/aromatic N) is 9. The molecule has 0 unspecified atom stereocenters. The molecule has 0 atom stereocenters. The Kier molecular flexibility index (Phi) is 23.1. The maximum Gasteiger partial charge on any atom is 2.00 e. The van der Waals surface area contributed by atoms with E-state index < -0.39 is 0 Å². The van der Waals surface area contributed by atoms with Crippen LogP contribution in [0, 0.1) is 36.4 Å². The van der Waals surface area contributed by atoms with Crippen LogP contribution in [0.2, 0.25) is 0 Å². The van der Waals surface area contributed by atoms with Gasteiger partial charge in [0.1, 0.15) is 28.8 Å². The Bertz CT molecular complexity index is 8910. The zero-order valence-corrected chi connectivity index (χ0v) is 79.8. The number of aromatic nitrogens is 9. The minimum absolute atomic E-state index is 0. The van der Waals surface area contributed by atoms with Gasteiger partial charge in [0.25, 0.3) is 0 Å². The molecule has 0 aliphatic heterocycles. The van der Waals surface area contributed by atoms with Crippen LogP contribution in [0.15, 0.2) is 410 Å². The summed E-state index contributed by atoms with van der Waals surface area (Å²) in [6.45, 7) is 0. The maximum absolute atomic E-state index is 5.93. The fraction of sp³-hybridized carbons (Fsp3) is 0. The third-order valence-corrected chi connectivity index (χ3v) is 26.8. The van der Waals surface area contributed by atoms with Crippen LogP contribution in [0.25, 0.3) is 247 Å². The van der Waals surface area contributed by atoms with Gasteiger partial charge in [-0.1, -0.05) is 107 Å². The van der Waals surface area contributed by atoms with Gasteiger partial charge in [0.15, 0.2) is 0 Å². The molecule has 0 bridgehead atoms. The summed E-state index contributed by atoms with van der Waals surface area (Å²) in [5.74, 6) is 4.85. The van der Waals surface area contributed by atoms with Crippen molar-refractivity contribution in [1.82, 2.24) is 43.6 Å². The minimum atomic E-state index is 0. The Morgan fingerprint density at radius 1 is 0.244 bits per heavy atom. The van der Waals surface area contributed by atoms with Gasteiger partial charge in [-0.25, -0.2) is 0 Å². The van der Waals surface area contributed by atoms with E-state index in [0.717, 1.165) is 247 Å². The zero-order chi connectivity index (χ0) is 87.1. The van der Waals surface area contributed by atoms with E-state index in [2.05, 4.69) is 225 Å². The number of thiazole rings is 3. The van der Waals surface area contributed by atoms with Crippen molar-refractivity contribution in [3.05, 3.63) is 420 Å². The molecule has 0 radical (unpaired) electrons. The van der Waals surface area contributed by atoms with E-state index in [4.69, 9.17) is 51.4 Å². The van der Waals surface area contributed by atoms with Crippen LogP contribution in [0.5, 0.6) is 0 Å². The molecular weight excluding hydrogens is 2270 g/mol. The van der Waals surface area contributed by atoms with Gasteiger partial charge in [-0.2, -0.15) is 34.0 Å². The van der Waals surface area contributed by atoms with Crippen molar-refractivity contribution in [3.63, 3.8) is 0 Å². The van der Waals surface area contributed by atoms with Crippen molar-refractivity contribution in [2.75, 3.05) is 0 Å². The van der Waals surface area contributed by atoms with Gasteiger partial charge in [0, 0.05) is 92.1 Å². The molecule has 648 valence electrons. The number of furan rings is 6. The van der Waals surface area contributed by atoms with E-state index in [9.17, 15) is 0 Å². The smallest absolute Gasteiger partial charge is 0.474 e. The molecule has 0 saturated heterocycles. The summed E-state index contributed by atoms with van der Waals surface area (Å²) >= 11 is 5.02. The predicted octanol–water partition coefficient (Wildman–Crippen LogP) is 30.7. The molecule has 0 saturated carbocycles. The number of hydrogen-bond donors (Lipinski definition) is 0. The molecule has 21 heteroatoms. The van der Waals surface area contributed by atoms with Gasteiger partial charge in [-0.3, -0.25) is 15.0 Å². The first-order chi connectivity index (χ1) is 65.4. The summed E-state index contributed by atoms with van der Waals surface area (Å²) < 4.78 is 44.2. The molecule has 27 rings (SSSR count). The van der Waals surface area contributed by atoms with Gasteiger partial charge >= 0.3 is 63.2 Å². The number of hydrogen-bond acceptors (Lipinski definition) is 15. The minimum Gasteiger partial charge on any atom is -0.474 e. The van der Waals surface area contributed by atoms with Crippen LogP contribution < -0.4 is 0 Å². The second-order valence-corrected chi connectivity index (χ2v) is 34.6. The molecule has 15 aromatic heterocycles. The topological polar surface area (TPSA) is 171 Å². The number of rotatable bonds is 15. The Morgan fingerprint density at radius 2 is 0.637 bits per heavy atom. The van der Waals surface area contributed by atoms with E-state index in [1.165, 1.54) is 0 Å². The first-order valence-corrected chi connectivity index (χ1v) is 45.1. The molecule has 135 heavy (non-hydrogen) atoms. The Balaban J connectivity index is 0.000000116. The quantitative estimate of drug-likeness (QED) is 0.0891. The van der Waals surface area contributed by atoms with E-state index in [-0.39, 0.29) is 63.2 Å². The molecule has 15 heterocycles. The second-order valence-electron chi connectivity index (χ2n) is 31.5. The van der Waals surface area contributed by atoms with Gasteiger partial charge < -0.3 is 55.2 Å². The Labute approximate surface area is 826 Å². The average molecular weight is 2340 g/mol. The fourth-order valence-electron chi connectivity index (χ4n) is 17.4. The van der Waals surface area contributed by atoms with Crippen LogP contribution in [-0.2, 0) is 63.2 Å². The van der Waals surface area contributed by atoms with Crippen molar-refractivity contribution >= 4 is 130 Å². The molecule has 0 aliphatic carbocycles. The third kappa shape index (κ3) is 16.0. The molecule has 15 nitrogen and oxygen atoms in total. The molecule has 12 aromatic carbocycles. The third-order valence-electron chi connectivity index (χ3n) is 23.6. The summed E-state index contributed by atoms with van der Waals surface area (Å²) in [4.78, 5) is 28.9. The summed E-state index contributed by atoms with van der Waals surface area (Å²) in [7, 11) is 0. The van der Waals surface area contributed by atoms with Crippen LogP contribution in [0.1, 0.15) is 0 Å². The molecule has 0 fully saturated rings. The summed E-state index contributed by atoms with van der Waals surface area (Å²) in [6, 6.07) is 133. The van der Waals surface area contributed by atoms with E-state index in [1.807, 2.05) is 176 Å². The average Bonchev–Trinajstić information content (AvgIpc) is 1.59. The fourth-order valence-corrected chi connectivity index (χ4v) is 20.3. The number of pyridine rings is 3.